The maximum atomic E-state index is 11.9. The van der Waals surface area contributed by atoms with Gasteiger partial charge >= 0.3 is 0 Å². The number of ether oxygens (including phenoxy) is 2. The molecule has 1 heterocycles. The number of aromatic amines is 1. The lowest BCUT2D eigenvalue weighted by Gasteiger charge is -2.10. The molecule has 3 aromatic rings. The first-order valence-corrected chi connectivity index (χ1v) is 8.00. The third-order valence-electron chi connectivity index (χ3n) is 3.52. The fourth-order valence-electron chi connectivity index (χ4n) is 2.39. The molecular weight excluding hydrogens is 318 g/mol. The third-order valence-corrected chi connectivity index (χ3v) is 3.52. The number of fused-ring (bicyclic) bond motifs is 1. The molecule has 25 heavy (non-hydrogen) atoms. The van der Waals surface area contributed by atoms with Crippen LogP contribution >= 0.6 is 0 Å². The normalized spacial score (nSPS) is 10.9. The molecule has 3 rings (SSSR count). The molecule has 0 spiro atoms. The van der Waals surface area contributed by atoms with Crippen molar-refractivity contribution in [2.45, 2.75) is 6.92 Å². The average Bonchev–Trinajstić information content (AvgIpc) is 3.05. The molecule has 0 atom stereocenters. The van der Waals surface area contributed by atoms with Crippen LogP contribution < -0.4 is 14.9 Å². The zero-order valence-electron chi connectivity index (χ0n) is 13.9. The molecule has 0 fully saturated rings. The van der Waals surface area contributed by atoms with E-state index in [2.05, 4.69) is 15.5 Å². The molecule has 0 bridgehead atoms. The van der Waals surface area contributed by atoms with Crippen LogP contribution in [0, 0.1) is 0 Å². The van der Waals surface area contributed by atoms with Gasteiger partial charge in [-0.15, -0.1) is 0 Å². The number of hydrazone groups is 1. The highest BCUT2D eigenvalue weighted by atomic mass is 16.5. The van der Waals surface area contributed by atoms with Crippen molar-refractivity contribution in [1.29, 1.82) is 0 Å². The van der Waals surface area contributed by atoms with E-state index in [4.69, 9.17) is 9.47 Å². The van der Waals surface area contributed by atoms with E-state index in [1.165, 1.54) is 0 Å². The number of rotatable bonds is 7. The van der Waals surface area contributed by atoms with E-state index in [9.17, 15) is 4.79 Å². The predicted octanol–water partition coefficient (Wildman–Crippen LogP) is 3.10. The Kier molecular flexibility index (Phi) is 5.31. The van der Waals surface area contributed by atoms with Gasteiger partial charge in [0.2, 0.25) is 0 Å². The molecule has 6 heteroatoms. The van der Waals surface area contributed by atoms with Crippen LogP contribution in [-0.2, 0) is 4.79 Å². The first kappa shape index (κ1) is 16.6. The summed E-state index contributed by atoms with van der Waals surface area (Å²) in [7, 11) is 0. The van der Waals surface area contributed by atoms with Crippen LogP contribution in [0.4, 0.5) is 0 Å². The van der Waals surface area contributed by atoms with Crippen molar-refractivity contribution < 1.29 is 14.3 Å². The lowest BCUT2D eigenvalue weighted by molar-refractivity contribution is -0.123. The molecule has 0 radical (unpaired) electrons. The third kappa shape index (κ3) is 4.17. The van der Waals surface area contributed by atoms with E-state index in [0.717, 1.165) is 16.5 Å². The Morgan fingerprint density at radius 2 is 1.84 bits per heavy atom. The molecule has 1 amide bonds. The number of amides is 1. The van der Waals surface area contributed by atoms with Crippen molar-refractivity contribution in [3.8, 4) is 11.5 Å². The summed E-state index contributed by atoms with van der Waals surface area (Å²) >= 11 is 0. The minimum absolute atomic E-state index is 0.144. The molecule has 1 aromatic heterocycles. The number of H-pyrrole nitrogens is 1. The lowest BCUT2D eigenvalue weighted by atomic mass is 10.2. The quantitative estimate of drug-likeness (QED) is 0.514. The smallest absolute Gasteiger partial charge is 0.277 e. The Morgan fingerprint density at radius 1 is 1.12 bits per heavy atom. The van der Waals surface area contributed by atoms with Crippen molar-refractivity contribution in [3.05, 3.63) is 60.3 Å². The van der Waals surface area contributed by atoms with E-state index in [-0.39, 0.29) is 12.5 Å². The number of nitrogens with zero attached hydrogens (tertiary/aromatic N) is 1. The summed E-state index contributed by atoms with van der Waals surface area (Å²) in [5, 5.41) is 5.02. The van der Waals surface area contributed by atoms with E-state index >= 15 is 0 Å². The van der Waals surface area contributed by atoms with Gasteiger partial charge in [0.1, 0.15) is 0 Å². The molecule has 0 saturated carbocycles. The number of benzene rings is 2. The van der Waals surface area contributed by atoms with Gasteiger partial charge in [-0.05, 0) is 25.1 Å². The first-order valence-electron chi connectivity index (χ1n) is 8.00. The van der Waals surface area contributed by atoms with Crippen molar-refractivity contribution >= 4 is 23.0 Å². The topological polar surface area (TPSA) is 75.7 Å². The Hall–Kier alpha value is -3.28. The van der Waals surface area contributed by atoms with Gasteiger partial charge in [-0.25, -0.2) is 5.43 Å². The Bertz CT molecular complexity index is 886. The minimum Gasteiger partial charge on any atom is -0.490 e. The zero-order valence-corrected chi connectivity index (χ0v) is 13.9. The molecule has 128 valence electrons. The summed E-state index contributed by atoms with van der Waals surface area (Å²) in [5.41, 5.74) is 4.38. The second kappa shape index (κ2) is 8.01. The second-order valence-corrected chi connectivity index (χ2v) is 5.25. The Morgan fingerprint density at radius 3 is 2.64 bits per heavy atom. The van der Waals surface area contributed by atoms with Crippen molar-refractivity contribution in [3.63, 3.8) is 0 Å². The Balaban J connectivity index is 1.55. The molecule has 0 aliphatic heterocycles. The van der Waals surface area contributed by atoms with Gasteiger partial charge in [0.25, 0.3) is 5.91 Å². The number of carbonyl (C=O) groups excluding carboxylic acids is 1. The standard InChI is InChI=1S/C19H19N3O3/c1-2-24-17-9-5-6-10-18(17)25-13-19(23)22-21-12-14-11-20-16-8-4-3-7-15(14)16/h3-12,20H,2,13H2,1H3,(H,22,23)/b21-12+. The second-order valence-electron chi connectivity index (χ2n) is 5.25. The zero-order chi connectivity index (χ0) is 17.5. The number of para-hydroxylation sites is 3. The first-order chi connectivity index (χ1) is 12.3. The summed E-state index contributed by atoms with van der Waals surface area (Å²) in [6.45, 7) is 2.28. The van der Waals surface area contributed by atoms with Crippen molar-refractivity contribution in [1.82, 2.24) is 10.4 Å². The molecule has 2 aromatic carbocycles. The van der Waals surface area contributed by atoms with Crippen LogP contribution in [-0.4, -0.2) is 30.3 Å². The highest BCUT2D eigenvalue weighted by Gasteiger charge is 2.06. The summed E-state index contributed by atoms with van der Waals surface area (Å²) in [6.07, 6.45) is 3.44. The van der Waals surface area contributed by atoms with Crippen molar-refractivity contribution in [2.75, 3.05) is 13.2 Å². The summed E-state index contributed by atoms with van der Waals surface area (Å²) < 4.78 is 10.9. The van der Waals surface area contributed by atoms with Crippen LogP contribution in [0.2, 0.25) is 0 Å². The summed E-state index contributed by atoms with van der Waals surface area (Å²) in [6, 6.07) is 15.1. The van der Waals surface area contributed by atoms with Gasteiger partial charge in [0.15, 0.2) is 18.1 Å². The maximum Gasteiger partial charge on any atom is 0.277 e. The number of nitrogens with one attached hydrogen (secondary N) is 2. The molecule has 0 aliphatic carbocycles. The highest BCUT2D eigenvalue weighted by Crippen LogP contribution is 2.26. The highest BCUT2D eigenvalue weighted by molar-refractivity contribution is 5.99. The minimum atomic E-state index is -0.345. The number of aromatic nitrogens is 1. The Labute approximate surface area is 145 Å². The largest absolute Gasteiger partial charge is 0.490 e. The van der Waals surface area contributed by atoms with Crippen molar-refractivity contribution in [2.24, 2.45) is 5.10 Å². The molecule has 6 nitrogen and oxygen atoms in total. The van der Waals surface area contributed by atoms with Crippen LogP contribution in [0.25, 0.3) is 10.9 Å². The number of carbonyl (C=O) groups is 1. The molecule has 0 unspecified atom stereocenters. The molecular formula is C19H19N3O3. The van der Waals surface area contributed by atoms with E-state index in [0.29, 0.717) is 18.1 Å². The number of hydrogen-bond donors (Lipinski definition) is 2. The maximum absolute atomic E-state index is 11.9. The summed E-state index contributed by atoms with van der Waals surface area (Å²) in [5.74, 6) is 0.794. The molecule has 2 N–H and O–H groups in total. The van der Waals surface area contributed by atoms with Gasteiger partial charge in [0, 0.05) is 22.7 Å². The fourth-order valence-corrected chi connectivity index (χ4v) is 2.39. The SMILES string of the molecule is CCOc1ccccc1OCC(=O)N/N=C/c1c[nH]c2ccccc12. The predicted molar refractivity (Wildman–Crippen MR) is 97.1 cm³/mol. The van der Waals surface area contributed by atoms with E-state index in [1.54, 1.807) is 18.3 Å². The average molecular weight is 337 g/mol. The van der Waals surface area contributed by atoms with Crippen LogP contribution in [0.1, 0.15) is 12.5 Å². The van der Waals surface area contributed by atoms with Gasteiger partial charge in [-0.3, -0.25) is 4.79 Å². The van der Waals surface area contributed by atoms with Gasteiger partial charge in [-0.2, -0.15) is 5.10 Å². The van der Waals surface area contributed by atoms with Gasteiger partial charge in [-0.1, -0.05) is 30.3 Å². The number of hydrogen-bond acceptors (Lipinski definition) is 4. The van der Waals surface area contributed by atoms with E-state index in [1.807, 2.05) is 49.5 Å². The van der Waals surface area contributed by atoms with Crippen LogP contribution in [0.5, 0.6) is 11.5 Å². The summed E-state index contributed by atoms with van der Waals surface area (Å²) in [4.78, 5) is 15.0. The van der Waals surface area contributed by atoms with Gasteiger partial charge in [0.05, 0.1) is 12.8 Å². The van der Waals surface area contributed by atoms with Crippen LogP contribution in [0.3, 0.4) is 0 Å². The molecule has 0 aliphatic rings. The molecule has 0 saturated heterocycles. The van der Waals surface area contributed by atoms with Gasteiger partial charge < -0.3 is 14.5 Å². The van der Waals surface area contributed by atoms with E-state index < -0.39 is 0 Å². The van der Waals surface area contributed by atoms with Crippen LogP contribution in [0.15, 0.2) is 59.8 Å². The monoisotopic (exact) mass is 337 g/mol. The fraction of sp³-hybridized carbons (Fsp3) is 0.158. The lowest BCUT2D eigenvalue weighted by Crippen LogP contribution is -2.24.